The predicted molar refractivity (Wildman–Crippen MR) is 138 cm³/mol. The molecule has 0 aliphatic heterocycles. The molecule has 0 N–H and O–H groups in total. The van der Waals surface area contributed by atoms with Gasteiger partial charge in [0.1, 0.15) is 21.5 Å². The summed E-state index contributed by atoms with van der Waals surface area (Å²) in [6, 6.07) is 8.62. The molecule has 3 heterocycles. The molecule has 0 saturated heterocycles. The lowest BCUT2D eigenvalue weighted by atomic mass is 9.97. The van der Waals surface area contributed by atoms with Crippen molar-refractivity contribution in [2.45, 2.75) is 64.4 Å². The van der Waals surface area contributed by atoms with Crippen molar-refractivity contribution < 1.29 is 9.18 Å². The van der Waals surface area contributed by atoms with Gasteiger partial charge in [0, 0.05) is 33.8 Å². The zero-order valence-corrected chi connectivity index (χ0v) is 21.4. The number of halogens is 1. The summed E-state index contributed by atoms with van der Waals surface area (Å²) >= 11 is 3.34. The number of nitrogens with zero attached hydrogens (tertiary/aromatic N) is 3. The largest absolute Gasteiger partial charge is 0.348 e. The number of aromatic nitrogens is 3. The van der Waals surface area contributed by atoms with Crippen LogP contribution in [0.15, 0.2) is 35.4 Å². The zero-order chi connectivity index (χ0) is 23.8. The summed E-state index contributed by atoms with van der Waals surface area (Å²) in [6.45, 7) is 6.74. The van der Waals surface area contributed by atoms with Crippen LogP contribution in [-0.4, -0.2) is 26.1 Å². The second-order valence-electron chi connectivity index (χ2n) is 8.99. The number of ketones is 1. The van der Waals surface area contributed by atoms with E-state index in [1.54, 1.807) is 23.1 Å². The summed E-state index contributed by atoms with van der Waals surface area (Å²) in [5.41, 5.74) is 5.32. The van der Waals surface area contributed by atoms with Crippen LogP contribution in [0.25, 0.3) is 10.2 Å². The maximum absolute atomic E-state index is 13.2. The number of rotatable bonds is 7. The first-order valence-corrected chi connectivity index (χ1v) is 13.6. The van der Waals surface area contributed by atoms with E-state index in [4.69, 9.17) is 9.97 Å². The van der Waals surface area contributed by atoms with E-state index in [0.717, 1.165) is 64.0 Å². The number of thiophene rings is 1. The molecule has 1 aliphatic rings. The molecule has 4 aromatic rings. The van der Waals surface area contributed by atoms with Gasteiger partial charge in [0.25, 0.3) is 0 Å². The summed E-state index contributed by atoms with van der Waals surface area (Å²) in [4.78, 5) is 25.2. The maximum Gasteiger partial charge on any atom is 0.174 e. The molecule has 1 aliphatic carbocycles. The molecule has 0 amide bonds. The van der Waals surface area contributed by atoms with Gasteiger partial charge < -0.3 is 4.57 Å². The van der Waals surface area contributed by atoms with Crippen molar-refractivity contribution in [3.05, 3.63) is 74.9 Å². The number of benzene rings is 1. The average molecular weight is 494 g/mol. The van der Waals surface area contributed by atoms with E-state index < -0.39 is 0 Å². The van der Waals surface area contributed by atoms with E-state index in [0.29, 0.717) is 5.75 Å². The number of Topliss-reactive ketones (excluding diaryl/α,β-unsaturated/α-hetero) is 1. The van der Waals surface area contributed by atoms with E-state index in [1.807, 2.05) is 39.0 Å². The molecule has 5 rings (SSSR count). The number of carbonyl (C=O) groups is 1. The molecular formula is C27H28FN3OS2. The number of aryl methyl sites for hydroxylation is 5. The predicted octanol–water partition coefficient (Wildman–Crippen LogP) is 6.65. The topological polar surface area (TPSA) is 47.8 Å². The van der Waals surface area contributed by atoms with Gasteiger partial charge >= 0.3 is 0 Å². The quantitative estimate of drug-likeness (QED) is 0.164. The second kappa shape index (κ2) is 9.62. The van der Waals surface area contributed by atoms with Crippen LogP contribution in [0.1, 0.15) is 56.4 Å². The Hall–Kier alpha value is -2.51. The molecule has 0 bridgehead atoms. The van der Waals surface area contributed by atoms with Crippen LogP contribution in [0.5, 0.6) is 0 Å². The van der Waals surface area contributed by atoms with E-state index in [-0.39, 0.29) is 11.6 Å². The standard InChI is InChI=1S/C27H28FN3OS2/c1-16-14-22(17(2)31(16)13-12-19-8-10-20(28)11-9-19)23(32)15-33-26-25-21-6-4-5-7-24(21)34-27(25)30-18(3)29-26/h8-11,14H,4-7,12-13,15H2,1-3H3. The molecule has 0 atom stereocenters. The fraction of sp³-hybridized carbons (Fsp3) is 0.370. The van der Waals surface area contributed by atoms with Gasteiger partial charge in [-0.3, -0.25) is 4.79 Å². The Labute approximate surface area is 207 Å². The van der Waals surface area contributed by atoms with Crippen LogP contribution < -0.4 is 0 Å². The van der Waals surface area contributed by atoms with Crippen molar-refractivity contribution in [1.29, 1.82) is 0 Å². The number of fused-ring (bicyclic) bond motifs is 3. The molecule has 176 valence electrons. The molecule has 3 aromatic heterocycles. The summed E-state index contributed by atoms with van der Waals surface area (Å²) in [7, 11) is 0. The molecule has 0 saturated carbocycles. The average Bonchev–Trinajstić information content (AvgIpc) is 3.33. The molecule has 0 radical (unpaired) electrons. The summed E-state index contributed by atoms with van der Waals surface area (Å²) in [5.74, 6) is 1.03. The van der Waals surface area contributed by atoms with Gasteiger partial charge in [0.05, 0.1) is 5.75 Å². The van der Waals surface area contributed by atoms with Gasteiger partial charge in [-0.2, -0.15) is 0 Å². The first kappa shape index (κ1) is 23.2. The molecule has 0 unspecified atom stereocenters. The number of hydrogen-bond donors (Lipinski definition) is 0. The number of hydrogen-bond acceptors (Lipinski definition) is 5. The SMILES string of the molecule is Cc1nc(SCC(=O)c2cc(C)n(CCc3ccc(F)cc3)c2C)c2c3c(sc2n1)CCCC3. The van der Waals surface area contributed by atoms with Crippen LogP contribution in [0.4, 0.5) is 4.39 Å². The van der Waals surface area contributed by atoms with Crippen molar-refractivity contribution in [3.8, 4) is 0 Å². The zero-order valence-electron chi connectivity index (χ0n) is 19.8. The molecule has 0 spiro atoms. The van der Waals surface area contributed by atoms with Crippen molar-refractivity contribution in [1.82, 2.24) is 14.5 Å². The third kappa shape index (κ3) is 4.56. The van der Waals surface area contributed by atoms with Crippen molar-refractivity contribution in [3.63, 3.8) is 0 Å². The first-order valence-electron chi connectivity index (χ1n) is 11.8. The maximum atomic E-state index is 13.2. The number of thioether (sulfide) groups is 1. The summed E-state index contributed by atoms with van der Waals surface area (Å²) in [5, 5.41) is 2.12. The molecule has 0 fully saturated rings. The van der Waals surface area contributed by atoms with Crippen molar-refractivity contribution in [2.24, 2.45) is 0 Å². The molecule has 4 nitrogen and oxygen atoms in total. The van der Waals surface area contributed by atoms with Gasteiger partial charge in [-0.15, -0.1) is 11.3 Å². The summed E-state index contributed by atoms with van der Waals surface area (Å²) < 4.78 is 15.4. The second-order valence-corrected chi connectivity index (χ2v) is 11.0. The first-order chi connectivity index (χ1) is 16.4. The molecule has 7 heteroatoms. The summed E-state index contributed by atoms with van der Waals surface area (Å²) in [6.07, 6.45) is 5.45. The molecule has 34 heavy (non-hydrogen) atoms. The van der Waals surface area contributed by atoms with Crippen molar-refractivity contribution in [2.75, 3.05) is 5.75 Å². The van der Waals surface area contributed by atoms with E-state index in [1.165, 1.54) is 40.8 Å². The molecular weight excluding hydrogens is 465 g/mol. The fourth-order valence-corrected chi connectivity index (χ4v) is 7.22. The van der Waals surface area contributed by atoms with Gasteiger partial charge in [-0.25, -0.2) is 14.4 Å². The van der Waals surface area contributed by atoms with Gasteiger partial charge in [-0.05, 0) is 82.2 Å². The Morgan fingerprint density at radius 1 is 1.12 bits per heavy atom. The highest BCUT2D eigenvalue weighted by Crippen LogP contribution is 2.39. The third-order valence-electron chi connectivity index (χ3n) is 6.64. The van der Waals surface area contributed by atoms with Crippen LogP contribution in [0.3, 0.4) is 0 Å². The fourth-order valence-electron chi connectivity index (χ4n) is 4.86. The van der Waals surface area contributed by atoms with Gasteiger partial charge in [-0.1, -0.05) is 23.9 Å². The third-order valence-corrected chi connectivity index (χ3v) is 8.81. The molecule has 1 aromatic carbocycles. The van der Waals surface area contributed by atoms with Crippen LogP contribution >= 0.6 is 23.1 Å². The minimum absolute atomic E-state index is 0.125. The lowest BCUT2D eigenvalue weighted by molar-refractivity contribution is 0.102. The van der Waals surface area contributed by atoms with E-state index >= 15 is 0 Å². The lowest BCUT2D eigenvalue weighted by Crippen LogP contribution is -2.08. The Morgan fingerprint density at radius 2 is 1.88 bits per heavy atom. The van der Waals surface area contributed by atoms with Crippen LogP contribution in [0, 0.1) is 26.6 Å². The minimum atomic E-state index is -0.221. The normalized spacial score (nSPS) is 13.4. The highest BCUT2D eigenvalue weighted by molar-refractivity contribution is 8.00. The highest BCUT2D eigenvalue weighted by atomic mass is 32.2. The van der Waals surface area contributed by atoms with Crippen molar-refractivity contribution >= 4 is 39.1 Å². The Kier molecular flexibility index (Phi) is 6.58. The number of carbonyl (C=O) groups excluding carboxylic acids is 1. The van der Waals surface area contributed by atoms with Crippen LogP contribution in [-0.2, 0) is 25.8 Å². The van der Waals surface area contributed by atoms with E-state index in [9.17, 15) is 9.18 Å². The lowest BCUT2D eigenvalue weighted by Gasteiger charge is -2.12. The Morgan fingerprint density at radius 3 is 2.68 bits per heavy atom. The smallest absolute Gasteiger partial charge is 0.174 e. The highest BCUT2D eigenvalue weighted by Gasteiger charge is 2.22. The van der Waals surface area contributed by atoms with Gasteiger partial charge in [0.2, 0.25) is 0 Å². The Balaban J connectivity index is 1.33. The van der Waals surface area contributed by atoms with Gasteiger partial charge in [0.15, 0.2) is 5.78 Å². The minimum Gasteiger partial charge on any atom is -0.348 e. The Bertz CT molecular complexity index is 1370. The van der Waals surface area contributed by atoms with E-state index in [2.05, 4.69) is 4.57 Å². The monoisotopic (exact) mass is 493 g/mol. The van der Waals surface area contributed by atoms with Crippen LogP contribution in [0.2, 0.25) is 0 Å².